The van der Waals surface area contributed by atoms with Crippen LogP contribution in [0.1, 0.15) is 31.2 Å². The number of benzene rings is 1. The summed E-state index contributed by atoms with van der Waals surface area (Å²) >= 11 is 0. The minimum Gasteiger partial charge on any atom is -0.459 e. The van der Waals surface area contributed by atoms with Gasteiger partial charge >= 0.3 is 0 Å². The number of fused-ring (bicyclic) bond motifs is 1. The molecule has 2 nitrogen and oxygen atoms in total. The maximum atomic E-state index is 5.75. The maximum absolute atomic E-state index is 5.75. The van der Waals surface area contributed by atoms with E-state index in [1.54, 1.807) is 0 Å². The van der Waals surface area contributed by atoms with Crippen LogP contribution in [0, 0.1) is 0 Å². The van der Waals surface area contributed by atoms with Gasteiger partial charge < -0.3 is 10.2 Å². The molecule has 1 aromatic carbocycles. The number of hydrogen-bond acceptors (Lipinski definition) is 2. The van der Waals surface area contributed by atoms with Gasteiger partial charge in [-0.2, -0.15) is 0 Å². The Labute approximate surface area is 83.7 Å². The molecule has 0 bridgehead atoms. The minimum atomic E-state index is -0.0347. The van der Waals surface area contributed by atoms with E-state index >= 15 is 0 Å². The molecule has 14 heavy (non-hydrogen) atoms. The Morgan fingerprint density at radius 3 is 2.79 bits per heavy atom. The Balaban J connectivity index is 2.54. The van der Waals surface area contributed by atoms with Gasteiger partial charge in [0.1, 0.15) is 11.3 Å². The minimum absolute atomic E-state index is 0.0347. The van der Waals surface area contributed by atoms with Crippen molar-refractivity contribution in [3.8, 4) is 0 Å². The number of aryl methyl sites for hydroxylation is 1. The molecular formula is C12H15NO. The van der Waals surface area contributed by atoms with Gasteiger partial charge in [-0.15, -0.1) is 0 Å². The SMILES string of the molecule is CCc1ccc2oc([C@H](C)N)cc2c1. The van der Waals surface area contributed by atoms with Gasteiger partial charge in [0.25, 0.3) is 0 Å². The Kier molecular flexibility index (Phi) is 2.30. The fraction of sp³-hybridized carbons (Fsp3) is 0.333. The highest BCUT2D eigenvalue weighted by Gasteiger charge is 2.07. The molecule has 0 unspecified atom stereocenters. The van der Waals surface area contributed by atoms with Crippen molar-refractivity contribution < 1.29 is 4.42 Å². The second kappa shape index (κ2) is 3.46. The summed E-state index contributed by atoms with van der Waals surface area (Å²) in [5.41, 5.74) is 8.01. The first-order chi connectivity index (χ1) is 6.70. The Morgan fingerprint density at radius 1 is 1.36 bits per heavy atom. The van der Waals surface area contributed by atoms with Crippen LogP contribution in [0.5, 0.6) is 0 Å². The third-order valence-corrected chi connectivity index (χ3v) is 2.46. The zero-order valence-corrected chi connectivity index (χ0v) is 8.58. The summed E-state index contributed by atoms with van der Waals surface area (Å²) in [6, 6.07) is 8.26. The normalized spacial score (nSPS) is 13.4. The van der Waals surface area contributed by atoms with E-state index in [2.05, 4.69) is 19.1 Å². The molecule has 2 heteroatoms. The average molecular weight is 189 g/mol. The molecule has 0 aliphatic rings. The maximum Gasteiger partial charge on any atom is 0.134 e. The molecule has 2 N–H and O–H groups in total. The van der Waals surface area contributed by atoms with Gasteiger partial charge in [0.05, 0.1) is 6.04 Å². The van der Waals surface area contributed by atoms with Gasteiger partial charge in [0.2, 0.25) is 0 Å². The number of furan rings is 1. The molecule has 0 amide bonds. The van der Waals surface area contributed by atoms with Crippen LogP contribution in [0.25, 0.3) is 11.0 Å². The molecule has 2 aromatic rings. The van der Waals surface area contributed by atoms with E-state index in [1.807, 2.05) is 19.1 Å². The first-order valence-corrected chi connectivity index (χ1v) is 4.98. The molecule has 0 spiro atoms. The van der Waals surface area contributed by atoms with Crippen LogP contribution in [0.4, 0.5) is 0 Å². The van der Waals surface area contributed by atoms with Crippen LogP contribution < -0.4 is 5.73 Å². The predicted octanol–water partition coefficient (Wildman–Crippen LogP) is 3.01. The lowest BCUT2D eigenvalue weighted by atomic mass is 10.1. The van der Waals surface area contributed by atoms with Gasteiger partial charge in [0.15, 0.2) is 0 Å². The fourth-order valence-corrected chi connectivity index (χ4v) is 1.56. The molecule has 1 heterocycles. The van der Waals surface area contributed by atoms with Gasteiger partial charge in [-0.25, -0.2) is 0 Å². The van der Waals surface area contributed by atoms with E-state index in [9.17, 15) is 0 Å². The summed E-state index contributed by atoms with van der Waals surface area (Å²) in [5, 5.41) is 1.15. The molecule has 2 rings (SSSR count). The molecular weight excluding hydrogens is 174 g/mol. The summed E-state index contributed by atoms with van der Waals surface area (Å²) in [6.45, 7) is 4.08. The number of rotatable bonds is 2. The van der Waals surface area contributed by atoms with Crippen LogP contribution in [0.2, 0.25) is 0 Å². The fourth-order valence-electron chi connectivity index (χ4n) is 1.56. The lowest BCUT2D eigenvalue weighted by Crippen LogP contribution is -2.02. The Hall–Kier alpha value is -1.28. The number of nitrogens with two attached hydrogens (primary N) is 1. The van der Waals surface area contributed by atoms with E-state index < -0.39 is 0 Å². The third kappa shape index (κ3) is 1.53. The Bertz CT molecular complexity index is 443. The van der Waals surface area contributed by atoms with Crippen LogP contribution in [0.3, 0.4) is 0 Å². The van der Waals surface area contributed by atoms with Crippen LogP contribution in [-0.4, -0.2) is 0 Å². The highest BCUT2D eigenvalue weighted by molar-refractivity contribution is 5.78. The third-order valence-electron chi connectivity index (χ3n) is 2.46. The van der Waals surface area contributed by atoms with Crippen LogP contribution >= 0.6 is 0 Å². The summed E-state index contributed by atoms with van der Waals surface area (Å²) in [5.74, 6) is 0.855. The molecule has 0 fully saturated rings. The van der Waals surface area contributed by atoms with Crippen molar-refractivity contribution in [1.82, 2.24) is 0 Å². The second-order valence-corrected chi connectivity index (χ2v) is 3.66. The van der Waals surface area contributed by atoms with Gasteiger partial charge in [-0.1, -0.05) is 13.0 Å². The molecule has 0 radical (unpaired) electrons. The standard InChI is InChI=1S/C12H15NO/c1-3-9-4-5-11-10(6-9)7-12(14-11)8(2)13/h4-8H,3,13H2,1-2H3/t8-/m0/s1. The zero-order valence-electron chi connectivity index (χ0n) is 8.58. The Morgan fingerprint density at radius 2 is 2.14 bits per heavy atom. The van der Waals surface area contributed by atoms with Gasteiger partial charge in [0, 0.05) is 5.39 Å². The van der Waals surface area contributed by atoms with Gasteiger partial charge in [-0.3, -0.25) is 0 Å². The molecule has 0 aliphatic carbocycles. The first kappa shape index (κ1) is 9.28. The monoisotopic (exact) mass is 189 g/mol. The van der Waals surface area contributed by atoms with Crippen molar-refractivity contribution in [3.05, 3.63) is 35.6 Å². The topological polar surface area (TPSA) is 39.2 Å². The summed E-state index contributed by atoms with van der Waals surface area (Å²) in [7, 11) is 0. The summed E-state index contributed by atoms with van der Waals surface area (Å²) in [4.78, 5) is 0. The highest BCUT2D eigenvalue weighted by atomic mass is 16.3. The van der Waals surface area contributed by atoms with E-state index in [0.717, 1.165) is 23.2 Å². The van der Waals surface area contributed by atoms with E-state index in [0.29, 0.717) is 0 Å². The molecule has 0 saturated carbocycles. The summed E-state index contributed by atoms with van der Waals surface area (Å²) in [6.07, 6.45) is 1.05. The second-order valence-electron chi connectivity index (χ2n) is 3.66. The molecule has 1 aromatic heterocycles. The largest absolute Gasteiger partial charge is 0.459 e. The van der Waals surface area contributed by atoms with Crippen molar-refractivity contribution in [1.29, 1.82) is 0 Å². The predicted molar refractivity (Wildman–Crippen MR) is 58.2 cm³/mol. The van der Waals surface area contributed by atoms with Crippen LogP contribution in [0.15, 0.2) is 28.7 Å². The van der Waals surface area contributed by atoms with Gasteiger partial charge in [-0.05, 0) is 37.1 Å². The molecule has 74 valence electrons. The summed E-state index contributed by atoms with van der Waals surface area (Å²) < 4.78 is 5.60. The van der Waals surface area contributed by atoms with E-state index in [-0.39, 0.29) is 6.04 Å². The smallest absolute Gasteiger partial charge is 0.134 e. The van der Waals surface area contributed by atoms with Crippen molar-refractivity contribution in [2.45, 2.75) is 26.3 Å². The van der Waals surface area contributed by atoms with Crippen LogP contribution in [-0.2, 0) is 6.42 Å². The van der Waals surface area contributed by atoms with E-state index in [1.165, 1.54) is 5.56 Å². The van der Waals surface area contributed by atoms with E-state index in [4.69, 9.17) is 10.2 Å². The first-order valence-electron chi connectivity index (χ1n) is 4.98. The molecule has 1 atom stereocenters. The average Bonchev–Trinajstić information content (AvgIpc) is 2.59. The quantitative estimate of drug-likeness (QED) is 0.788. The zero-order chi connectivity index (χ0) is 10.1. The number of hydrogen-bond donors (Lipinski definition) is 1. The lowest BCUT2D eigenvalue weighted by Gasteiger charge is -1.96. The van der Waals surface area contributed by atoms with Crippen molar-refractivity contribution in [3.63, 3.8) is 0 Å². The van der Waals surface area contributed by atoms with Crippen molar-refractivity contribution >= 4 is 11.0 Å². The highest BCUT2D eigenvalue weighted by Crippen LogP contribution is 2.23. The van der Waals surface area contributed by atoms with Crippen molar-refractivity contribution in [2.24, 2.45) is 5.73 Å². The molecule has 0 aliphatic heterocycles. The molecule has 0 saturated heterocycles. The van der Waals surface area contributed by atoms with Crippen molar-refractivity contribution in [2.75, 3.05) is 0 Å². The lowest BCUT2D eigenvalue weighted by molar-refractivity contribution is 0.513.